The first-order valence-corrected chi connectivity index (χ1v) is 18.5. The lowest BCUT2D eigenvalue weighted by Gasteiger charge is -2.24. The zero-order valence-corrected chi connectivity index (χ0v) is 28.4. The molecule has 2 aromatic carbocycles. The van der Waals surface area contributed by atoms with Crippen LogP contribution in [-0.2, 0) is 49.7 Å². The number of aryl methyl sites for hydroxylation is 2. The Morgan fingerprint density at radius 3 is 2.26 bits per heavy atom. The minimum atomic E-state index is -4.11. The normalized spacial score (nSPS) is 15.0. The van der Waals surface area contributed by atoms with Gasteiger partial charge < -0.3 is 9.80 Å². The SMILES string of the molecule is CCN1\C(=C/C=C/C=C/c2n(CCCS(=O)(=O)O)c3cc(COOC)ccc3[n+]2CC)N(CCCS(=O)(=O)O)c2cc(Cl)ccc21. The molecule has 0 amide bonds. The van der Waals surface area contributed by atoms with Gasteiger partial charge in [0.1, 0.15) is 12.4 Å². The molecule has 3 aromatic rings. The Morgan fingerprint density at radius 1 is 0.891 bits per heavy atom. The highest BCUT2D eigenvalue weighted by atomic mass is 35.5. The van der Waals surface area contributed by atoms with E-state index < -0.39 is 20.2 Å². The minimum Gasteiger partial charge on any atom is -0.326 e. The molecule has 0 fully saturated rings. The van der Waals surface area contributed by atoms with Gasteiger partial charge in [-0.15, -0.1) is 0 Å². The predicted molar refractivity (Wildman–Crippen MR) is 180 cm³/mol. The van der Waals surface area contributed by atoms with Gasteiger partial charge in [0.05, 0.1) is 43.1 Å². The van der Waals surface area contributed by atoms with Crippen molar-refractivity contribution < 1.29 is 40.3 Å². The van der Waals surface area contributed by atoms with E-state index in [1.807, 2.05) is 90.1 Å². The molecule has 2 N–H and O–H groups in total. The molecule has 15 heteroatoms. The number of allylic oxidation sites excluding steroid dienone is 4. The second kappa shape index (κ2) is 15.6. The highest BCUT2D eigenvalue weighted by molar-refractivity contribution is 7.86. The number of hydrogen-bond donors (Lipinski definition) is 2. The first-order chi connectivity index (χ1) is 21.9. The van der Waals surface area contributed by atoms with Crippen LogP contribution in [0.2, 0.25) is 5.02 Å². The summed E-state index contributed by atoms with van der Waals surface area (Å²) in [5.41, 5.74) is 4.54. The number of anilines is 2. The summed E-state index contributed by atoms with van der Waals surface area (Å²) in [6.45, 7) is 6.34. The molecule has 0 saturated heterocycles. The minimum absolute atomic E-state index is 0.221. The topological polar surface area (TPSA) is 142 Å². The number of halogens is 1. The maximum absolute atomic E-state index is 11.4. The Bertz CT molecular complexity index is 1850. The maximum atomic E-state index is 11.4. The Morgan fingerprint density at radius 2 is 1.61 bits per heavy atom. The van der Waals surface area contributed by atoms with Crippen molar-refractivity contribution in [1.29, 1.82) is 0 Å². The molecule has 0 spiro atoms. The van der Waals surface area contributed by atoms with Crippen molar-refractivity contribution in [2.24, 2.45) is 0 Å². The van der Waals surface area contributed by atoms with Gasteiger partial charge in [-0.2, -0.15) is 16.8 Å². The van der Waals surface area contributed by atoms with Crippen molar-refractivity contribution in [2.45, 2.75) is 46.4 Å². The van der Waals surface area contributed by atoms with E-state index in [1.165, 1.54) is 7.11 Å². The number of rotatable bonds is 16. The average molecular weight is 696 g/mol. The third kappa shape index (κ3) is 8.97. The summed E-state index contributed by atoms with van der Waals surface area (Å²) >= 11 is 6.31. The Labute approximate surface area is 275 Å². The van der Waals surface area contributed by atoms with Crippen molar-refractivity contribution in [2.75, 3.05) is 41.5 Å². The van der Waals surface area contributed by atoms with Crippen molar-refractivity contribution in [3.63, 3.8) is 0 Å². The average Bonchev–Trinajstić information content (AvgIpc) is 3.44. The molecule has 12 nitrogen and oxygen atoms in total. The van der Waals surface area contributed by atoms with E-state index in [0.29, 0.717) is 31.2 Å². The first kappa shape index (κ1) is 35.6. The highest BCUT2D eigenvalue weighted by Crippen LogP contribution is 2.43. The molecular formula is C31H40ClN4O8S2+. The van der Waals surface area contributed by atoms with E-state index in [4.69, 9.17) is 21.4 Å². The van der Waals surface area contributed by atoms with Gasteiger partial charge in [0.2, 0.25) is 0 Å². The zero-order valence-electron chi connectivity index (χ0n) is 26.0. The van der Waals surface area contributed by atoms with Crippen LogP contribution >= 0.6 is 11.6 Å². The fraction of sp³-hybridized carbons (Fsp3) is 0.387. The number of nitrogens with zero attached hydrogens (tertiary/aromatic N) is 4. The van der Waals surface area contributed by atoms with Gasteiger partial charge >= 0.3 is 0 Å². The van der Waals surface area contributed by atoms with Crippen molar-refractivity contribution >= 4 is 60.3 Å². The van der Waals surface area contributed by atoms with E-state index in [9.17, 15) is 25.9 Å². The number of fused-ring (bicyclic) bond motifs is 2. The molecule has 0 atom stereocenters. The first-order valence-electron chi connectivity index (χ1n) is 14.9. The summed E-state index contributed by atoms with van der Waals surface area (Å²) in [7, 11) is -6.76. The van der Waals surface area contributed by atoms with Crippen molar-refractivity contribution in [1.82, 2.24) is 4.57 Å². The molecule has 250 valence electrons. The summed E-state index contributed by atoms with van der Waals surface area (Å²) < 4.78 is 68.4. The molecule has 46 heavy (non-hydrogen) atoms. The van der Waals surface area contributed by atoms with E-state index in [-0.39, 0.29) is 31.0 Å². The zero-order chi connectivity index (χ0) is 33.5. The van der Waals surface area contributed by atoms with E-state index in [0.717, 1.165) is 39.6 Å². The van der Waals surface area contributed by atoms with Crippen molar-refractivity contribution in [3.8, 4) is 0 Å². The monoisotopic (exact) mass is 695 g/mol. The third-order valence-corrected chi connectivity index (χ3v) is 9.35. The molecular weight excluding hydrogens is 656 g/mol. The molecule has 0 radical (unpaired) electrons. The van der Waals surface area contributed by atoms with E-state index in [1.54, 1.807) is 0 Å². The largest absolute Gasteiger partial charge is 0.326 e. The van der Waals surface area contributed by atoms with Crippen LogP contribution in [0, 0.1) is 0 Å². The molecule has 4 rings (SSSR count). The van der Waals surface area contributed by atoms with Gasteiger partial charge in [-0.25, -0.2) is 18.9 Å². The second-order valence-corrected chi connectivity index (χ2v) is 14.2. The highest BCUT2D eigenvalue weighted by Gasteiger charge is 2.30. The van der Waals surface area contributed by atoms with Gasteiger partial charge in [-0.05, 0) is 62.2 Å². The van der Waals surface area contributed by atoms with Gasteiger partial charge in [0.15, 0.2) is 11.0 Å². The molecule has 0 saturated carbocycles. The standard InChI is InChI=1S/C31H39ClN4O8S2/c1-4-33-26-15-13-24(23-44-43-3)21-28(26)35(17-9-19-45(37,38)39)30(33)11-7-6-8-12-31-34(5-2)27-16-14-25(32)22-29(27)36(31)18-10-20-46(40,41)42/h6-8,11-16,21-22H,4-5,9-10,17-20,23H2,1-3H3,(H-,37,38,39,40,41,42)/p+1. The summed E-state index contributed by atoms with van der Waals surface area (Å²) in [5.74, 6) is 0.978. The van der Waals surface area contributed by atoms with Crippen LogP contribution in [0.5, 0.6) is 0 Å². The lowest BCUT2D eigenvalue weighted by Crippen LogP contribution is -2.35. The molecule has 0 unspecified atom stereocenters. The molecule has 1 aromatic heterocycles. The van der Waals surface area contributed by atoms with Crippen LogP contribution < -0.4 is 14.4 Å². The van der Waals surface area contributed by atoms with Crippen LogP contribution in [0.1, 0.15) is 38.1 Å². The lowest BCUT2D eigenvalue weighted by atomic mass is 10.2. The number of imidazole rings is 1. The quantitative estimate of drug-likeness (QED) is 0.0692. The summed E-state index contributed by atoms with van der Waals surface area (Å²) in [6, 6.07) is 11.5. The Balaban J connectivity index is 1.67. The number of benzene rings is 2. The molecule has 2 heterocycles. The molecule has 1 aliphatic heterocycles. The summed E-state index contributed by atoms with van der Waals surface area (Å²) in [4.78, 5) is 14.0. The van der Waals surface area contributed by atoms with Gasteiger partial charge in [-0.3, -0.25) is 9.11 Å². The van der Waals surface area contributed by atoms with Gasteiger partial charge in [0.25, 0.3) is 26.1 Å². The Hall–Kier alpha value is -3.24. The van der Waals surface area contributed by atoms with Crippen LogP contribution in [0.4, 0.5) is 11.4 Å². The predicted octanol–water partition coefficient (Wildman–Crippen LogP) is 4.99. The fourth-order valence-corrected chi connectivity index (χ4v) is 6.76. The number of aromatic nitrogens is 2. The number of hydrogen-bond acceptors (Lipinski definition) is 8. The van der Waals surface area contributed by atoms with Crippen LogP contribution in [0.25, 0.3) is 17.1 Å². The smallest absolute Gasteiger partial charge is 0.282 e. The van der Waals surface area contributed by atoms with Crippen LogP contribution in [0.3, 0.4) is 0 Å². The Kier molecular flexibility index (Phi) is 12.1. The molecule has 0 bridgehead atoms. The van der Waals surface area contributed by atoms with Crippen molar-refractivity contribution in [3.05, 3.63) is 82.9 Å². The van der Waals surface area contributed by atoms with Gasteiger partial charge in [0, 0.05) is 30.6 Å². The van der Waals surface area contributed by atoms with Crippen LogP contribution in [0.15, 0.2) is 66.5 Å². The van der Waals surface area contributed by atoms with Crippen LogP contribution in [-0.4, -0.2) is 62.2 Å². The van der Waals surface area contributed by atoms with E-state index in [2.05, 4.69) is 9.47 Å². The third-order valence-electron chi connectivity index (χ3n) is 7.50. The van der Waals surface area contributed by atoms with Gasteiger partial charge in [-0.1, -0.05) is 35.9 Å². The lowest BCUT2D eigenvalue weighted by molar-refractivity contribution is -0.670. The second-order valence-electron chi connectivity index (χ2n) is 10.6. The van der Waals surface area contributed by atoms with E-state index >= 15 is 0 Å². The summed E-state index contributed by atoms with van der Waals surface area (Å²) in [6.07, 6.45) is 9.99. The fourth-order valence-electron chi connectivity index (χ4n) is 5.61. The maximum Gasteiger partial charge on any atom is 0.282 e. The molecule has 0 aliphatic carbocycles. The summed E-state index contributed by atoms with van der Waals surface area (Å²) in [5, 5.41) is 0.559. The molecule has 1 aliphatic rings.